The second-order valence-electron chi connectivity index (χ2n) is 4.79. The predicted molar refractivity (Wildman–Crippen MR) is 62.0 cm³/mol. The van der Waals surface area contributed by atoms with Crippen molar-refractivity contribution in [3.8, 4) is 0 Å². The first kappa shape index (κ1) is 17.2. The van der Waals surface area contributed by atoms with E-state index in [1.165, 1.54) is 0 Å². The molecule has 1 saturated heterocycles. The van der Waals surface area contributed by atoms with Gasteiger partial charge in [0, 0.05) is 13.0 Å². The molecule has 1 aliphatic heterocycles. The van der Waals surface area contributed by atoms with E-state index in [4.69, 9.17) is 0 Å². The summed E-state index contributed by atoms with van der Waals surface area (Å²) >= 11 is 0. The smallest absolute Gasteiger partial charge is 0.440 e. The fraction of sp³-hybridized carbons (Fsp3) is 0.500. The molecule has 2 amide bonds. The van der Waals surface area contributed by atoms with E-state index in [1.54, 1.807) is 0 Å². The zero-order chi connectivity index (χ0) is 17.5. The number of nitrogens with zero attached hydrogens (tertiary/aromatic N) is 1. The molecule has 0 radical (unpaired) electrons. The summed E-state index contributed by atoms with van der Waals surface area (Å²) in [6.45, 7) is -0.781. The van der Waals surface area contributed by atoms with Crippen molar-refractivity contribution in [2.45, 2.75) is 30.9 Å². The number of alkyl halides is 6. The van der Waals surface area contributed by atoms with Crippen LogP contribution in [-0.2, 0) is 4.79 Å². The number of likely N-dealkylation sites (tertiary alicyclic amines) is 1. The molecule has 23 heavy (non-hydrogen) atoms. The zero-order valence-electron chi connectivity index (χ0n) is 11.3. The van der Waals surface area contributed by atoms with E-state index in [0.29, 0.717) is 0 Å². The highest BCUT2D eigenvalue weighted by Gasteiger charge is 2.76. The minimum Gasteiger partial charge on any atom is -0.459 e. The molecule has 0 aromatic carbocycles. The van der Waals surface area contributed by atoms with E-state index < -0.39 is 53.5 Å². The Morgan fingerprint density at radius 2 is 1.78 bits per heavy atom. The molecule has 1 aromatic heterocycles. The number of carbonyl (C=O) groups is 2. The summed E-state index contributed by atoms with van der Waals surface area (Å²) in [4.78, 5) is 22.9. The Kier molecular flexibility index (Phi) is 4.07. The lowest BCUT2D eigenvalue weighted by Gasteiger charge is -2.43. The summed E-state index contributed by atoms with van der Waals surface area (Å²) in [5.74, 6) is -3.82. The number of hydrogen-bond acceptors (Lipinski definition) is 3. The molecule has 2 rings (SSSR count). The highest BCUT2D eigenvalue weighted by molar-refractivity contribution is 5.92. The van der Waals surface area contributed by atoms with Crippen LogP contribution in [0.4, 0.5) is 26.3 Å². The van der Waals surface area contributed by atoms with Crippen molar-refractivity contribution < 1.29 is 40.3 Å². The fourth-order valence-electron chi connectivity index (χ4n) is 2.31. The lowest BCUT2D eigenvalue weighted by molar-refractivity contribution is -0.341. The van der Waals surface area contributed by atoms with Crippen LogP contribution >= 0.6 is 0 Å². The highest BCUT2D eigenvalue weighted by Crippen LogP contribution is 2.47. The van der Waals surface area contributed by atoms with Crippen molar-refractivity contribution in [3.63, 3.8) is 0 Å². The number of rotatable bonds is 3. The third kappa shape index (κ3) is 2.75. The molecule has 0 saturated carbocycles. The maximum Gasteiger partial charge on any atom is 0.440 e. The van der Waals surface area contributed by atoms with Gasteiger partial charge in [-0.25, -0.2) is 0 Å². The second-order valence-corrected chi connectivity index (χ2v) is 4.79. The van der Waals surface area contributed by atoms with Gasteiger partial charge in [-0.15, -0.1) is 0 Å². The molecular weight excluding hydrogens is 334 g/mol. The quantitative estimate of drug-likeness (QED) is 0.857. The number of halogens is 6. The number of amides is 2. The van der Waals surface area contributed by atoms with Crippen LogP contribution in [0.2, 0.25) is 0 Å². The van der Waals surface area contributed by atoms with Gasteiger partial charge in [0.05, 0.1) is 6.26 Å². The molecule has 0 atom stereocenters. The number of hydrogen-bond donors (Lipinski definition) is 1. The van der Waals surface area contributed by atoms with Gasteiger partial charge in [-0.05, 0) is 18.6 Å². The molecule has 1 aliphatic rings. The molecular formula is C12H10F6N2O3. The van der Waals surface area contributed by atoms with Gasteiger partial charge in [0.25, 0.3) is 5.91 Å². The van der Waals surface area contributed by atoms with Gasteiger partial charge in [0.15, 0.2) is 5.76 Å². The molecule has 1 aromatic rings. The molecule has 0 unspecified atom stereocenters. The van der Waals surface area contributed by atoms with Crippen molar-refractivity contribution in [1.29, 1.82) is 0 Å². The first-order valence-electron chi connectivity index (χ1n) is 6.30. The Morgan fingerprint density at radius 1 is 1.17 bits per heavy atom. The predicted octanol–water partition coefficient (Wildman–Crippen LogP) is 2.45. The van der Waals surface area contributed by atoms with Crippen LogP contribution in [0.15, 0.2) is 22.8 Å². The van der Waals surface area contributed by atoms with Crippen molar-refractivity contribution in [1.82, 2.24) is 10.2 Å². The van der Waals surface area contributed by atoms with Crippen LogP contribution in [0.25, 0.3) is 0 Å². The third-order valence-electron chi connectivity index (χ3n) is 3.34. The summed E-state index contributed by atoms with van der Waals surface area (Å²) in [6.07, 6.45) is -11.7. The average molecular weight is 344 g/mol. The Labute approximate surface area is 125 Å². The number of nitrogens with one attached hydrogen (secondary N) is 1. The van der Waals surface area contributed by atoms with E-state index in [1.807, 2.05) is 0 Å². The van der Waals surface area contributed by atoms with Crippen molar-refractivity contribution >= 4 is 11.8 Å². The summed E-state index contributed by atoms with van der Waals surface area (Å²) in [6, 6.07) is 2.03. The second kappa shape index (κ2) is 5.46. The average Bonchev–Trinajstić information content (AvgIpc) is 3.03. The summed E-state index contributed by atoms with van der Waals surface area (Å²) in [5.41, 5.74) is -4.81. The topological polar surface area (TPSA) is 62.6 Å². The minimum atomic E-state index is -5.98. The Balaban J connectivity index is 2.53. The molecule has 1 N–H and O–H groups in total. The SMILES string of the molecule is O=C(NC(N1CCCC1=O)(C(F)(F)F)C(F)(F)F)c1ccco1. The van der Waals surface area contributed by atoms with Gasteiger partial charge < -0.3 is 14.6 Å². The van der Waals surface area contributed by atoms with Gasteiger partial charge in [0.1, 0.15) is 0 Å². The Morgan fingerprint density at radius 3 is 2.17 bits per heavy atom. The molecule has 0 bridgehead atoms. The van der Waals surface area contributed by atoms with Crippen LogP contribution in [0.5, 0.6) is 0 Å². The molecule has 11 heteroatoms. The summed E-state index contributed by atoms with van der Waals surface area (Å²) in [7, 11) is 0. The van der Waals surface area contributed by atoms with Gasteiger partial charge in [-0.3, -0.25) is 9.59 Å². The van der Waals surface area contributed by atoms with E-state index in [9.17, 15) is 35.9 Å². The molecule has 2 heterocycles. The fourth-order valence-corrected chi connectivity index (χ4v) is 2.31. The van der Waals surface area contributed by atoms with Gasteiger partial charge in [0.2, 0.25) is 5.91 Å². The third-order valence-corrected chi connectivity index (χ3v) is 3.34. The van der Waals surface area contributed by atoms with E-state index >= 15 is 0 Å². The first-order chi connectivity index (χ1) is 10.5. The van der Waals surface area contributed by atoms with E-state index in [0.717, 1.165) is 23.7 Å². The summed E-state index contributed by atoms with van der Waals surface area (Å²) in [5, 5.41) is 0.908. The molecule has 128 valence electrons. The van der Waals surface area contributed by atoms with Crippen LogP contribution < -0.4 is 5.32 Å². The Bertz CT molecular complexity index is 579. The van der Waals surface area contributed by atoms with Crippen LogP contribution in [-0.4, -0.2) is 41.3 Å². The molecule has 0 aliphatic carbocycles. The first-order valence-corrected chi connectivity index (χ1v) is 6.30. The van der Waals surface area contributed by atoms with Gasteiger partial charge >= 0.3 is 18.0 Å². The van der Waals surface area contributed by atoms with E-state index in [2.05, 4.69) is 4.42 Å². The largest absolute Gasteiger partial charge is 0.459 e. The standard InChI is InChI=1S/C12H10F6N2O3/c13-11(14,15)10(12(16,17)18,20-5-1-4-8(20)21)19-9(22)7-3-2-6-23-7/h2-3,6H,1,4-5H2,(H,19,22). The zero-order valence-corrected chi connectivity index (χ0v) is 11.3. The molecule has 1 fully saturated rings. The van der Waals surface area contributed by atoms with Crippen LogP contribution in [0.3, 0.4) is 0 Å². The van der Waals surface area contributed by atoms with Crippen LogP contribution in [0, 0.1) is 0 Å². The molecule has 5 nitrogen and oxygen atoms in total. The van der Waals surface area contributed by atoms with Gasteiger partial charge in [-0.2, -0.15) is 26.3 Å². The number of furan rings is 1. The highest BCUT2D eigenvalue weighted by atomic mass is 19.4. The Hall–Kier alpha value is -2.20. The molecule has 0 spiro atoms. The van der Waals surface area contributed by atoms with Crippen molar-refractivity contribution in [2.24, 2.45) is 0 Å². The maximum absolute atomic E-state index is 13.3. The van der Waals surface area contributed by atoms with E-state index in [-0.39, 0.29) is 6.42 Å². The maximum atomic E-state index is 13.3. The number of carbonyl (C=O) groups excluding carboxylic acids is 2. The monoisotopic (exact) mass is 344 g/mol. The van der Waals surface area contributed by atoms with Crippen molar-refractivity contribution in [3.05, 3.63) is 24.2 Å². The van der Waals surface area contributed by atoms with Gasteiger partial charge in [-0.1, -0.05) is 0 Å². The lowest BCUT2D eigenvalue weighted by atomic mass is 10.1. The van der Waals surface area contributed by atoms with Crippen LogP contribution in [0.1, 0.15) is 23.4 Å². The lowest BCUT2D eigenvalue weighted by Crippen LogP contribution is -2.76. The minimum absolute atomic E-state index is 0.177. The normalized spacial score (nSPS) is 16.8. The summed E-state index contributed by atoms with van der Waals surface area (Å²) < 4.78 is 84.5. The van der Waals surface area contributed by atoms with Crippen molar-refractivity contribution in [2.75, 3.05) is 6.54 Å².